The van der Waals surface area contributed by atoms with Crippen LogP contribution in [0.25, 0.3) is 11.0 Å². The van der Waals surface area contributed by atoms with Crippen LogP contribution in [0.3, 0.4) is 0 Å². The van der Waals surface area contributed by atoms with Crippen LogP contribution in [0.15, 0.2) is 53.4 Å². The monoisotopic (exact) mass is 399 g/mol. The van der Waals surface area contributed by atoms with Gasteiger partial charge in [0.2, 0.25) is 5.82 Å². The number of imidazole rings is 1. The van der Waals surface area contributed by atoms with Gasteiger partial charge in [-0.15, -0.1) is 0 Å². The maximum atomic E-state index is 13.3. The number of hydrogen-bond donors (Lipinski definition) is 1. The van der Waals surface area contributed by atoms with Crippen molar-refractivity contribution in [3.8, 4) is 0 Å². The number of halogens is 3. The van der Waals surface area contributed by atoms with Gasteiger partial charge in [0, 0.05) is 6.61 Å². The Labute approximate surface area is 153 Å². The highest BCUT2D eigenvalue weighted by Gasteiger charge is 2.37. The molecular weight excluding hydrogens is 383 g/mol. The number of fused-ring (bicyclic) bond motifs is 1. The van der Waals surface area contributed by atoms with Gasteiger partial charge in [0.25, 0.3) is 10.0 Å². The smallest absolute Gasteiger partial charge is 0.361 e. The van der Waals surface area contributed by atoms with Crippen molar-refractivity contribution < 1.29 is 26.3 Å². The minimum atomic E-state index is -4.67. The van der Waals surface area contributed by atoms with Gasteiger partial charge >= 0.3 is 6.18 Å². The fraction of sp³-hybridized carbons (Fsp3) is 0.235. The van der Waals surface area contributed by atoms with E-state index in [2.05, 4.69) is 9.71 Å². The van der Waals surface area contributed by atoms with Crippen molar-refractivity contribution in [2.75, 3.05) is 11.3 Å². The Kier molecular flexibility index (Phi) is 5.11. The third kappa shape index (κ3) is 4.06. The van der Waals surface area contributed by atoms with Gasteiger partial charge < -0.3 is 4.74 Å². The number of hydrogen-bond acceptors (Lipinski definition) is 4. The predicted molar refractivity (Wildman–Crippen MR) is 93.6 cm³/mol. The Morgan fingerprint density at radius 3 is 2.48 bits per heavy atom. The van der Waals surface area contributed by atoms with Crippen LogP contribution in [-0.2, 0) is 27.7 Å². The van der Waals surface area contributed by atoms with Gasteiger partial charge in [-0.25, -0.2) is 13.4 Å². The topological polar surface area (TPSA) is 73.2 Å². The first-order valence-electron chi connectivity index (χ1n) is 7.95. The fourth-order valence-electron chi connectivity index (χ4n) is 2.54. The lowest BCUT2D eigenvalue weighted by Crippen LogP contribution is -2.16. The molecular formula is C17H16F3N3O3S. The van der Waals surface area contributed by atoms with E-state index in [-0.39, 0.29) is 35.0 Å². The van der Waals surface area contributed by atoms with Crippen LogP contribution in [0, 0.1) is 0 Å². The van der Waals surface area contributed by atoms with Crippen molar-refractivity contribution in [3.63, 3.8) is 0 Å². The summed E-state index contributed by atoms with van der Waals surface area (Å²) in [5, 5.41) is 0. The predicted octanol–water partition coefficient (Wildman–Crippen LogP) is 3.85. The summed E-state index contributed by atoms with van der Waals surface area (Å²) in [5.74, 6) is -1.10. The van der Waals surface area contributed by atoms with E-state index in [1.165, 1.54) is 30.3 Å². The summed E-state index contributed by atoms with van der Waals surface area (Å²) < 4.78 is 72.9. The molecule has 0 amide bonds. The second-order valence-corrected chi connectivity index (χ2v) is 7.29. The van der Waals surface area contributed by atoms with E-state index in [4.69, 9.17) is 4.74 Å². The molecule has 3 aromatic rings. The number of benzene rings is 2. The van der Waals surface area contributed by atoms with E-state index >= 15 is 0 Å². The normalized spacial score (nSPS) is 12.4. The number of alkyl halides is 3. The maximum absolute atomic E-state index is 13.3. The average Bonchev–Trinajstić information content (AvgIpc) is 2.98. The first-order valence-corrected chi connectivity index (χ1v) is 9.44. The molecule has 2 aromatic carbocycles. The molecule has 0 fully saturated rings. The van der Waals surface area contributed by atoms with Crippen LogP contribution in [0.5, 0.6) is 0 Å². The van der Waals surface area contributed by atoms with E-state index in [0.29, 0.717) is 0 Å². The molecule has 3 rings (SSSR count). The van der Waals surface area contributed by atoms with E-state index in [1.807, 2.05) is 0 Å². The van der Waals surface area contributed by atoms with Gasteiger partial charge in [-0.05, 0) is 37.3 Å². The number of ether oxygens (including phenoxy) is 1. The number of rotatable bonds is 6. The molecule has 1 aromatic heterocycles. The van der Waals surface area contributed by atoms with E-state index in [0.717, 1.165) is 4.57 Å². The van der Waals surface area contributed by atoms with Gasteiger partial charge in [0.05, 0.1) is 21.6 Å². The van der Waals surface area contributed by atoms with Gasteiger partial charge in [-0.1, -0.05) is 18.2 Å². The molecule has 0 bridgehead atoms. The summed E-state index contributed by atoms with van der Waals surface area (Å²) in [7, 11) is -3.86. The lowest BCUT2D eigenvalue weighted by molar-refractivity contribution is -0.149. The molecule has 144 valence electrons. The number of sulfonamides is 1. The molecule has 10 heteroatoms. The van der Waals surface area contributed by atoms with Crippen molar-refractivity contribution in [2.45, 2.75) is 24.7 Å². The molecule has 1 N–H and O–H groups in total. The summed E-state index contributed by atoms with van der Waals surface area (Å²) in [4.78, 5) is 3.67. The molecule has 0 radical (unpaired) electrons. The van der Waals surface area contributed by atoms with Crippen LogP contribution in [0.2, 0.25) is 0 Å². The standard InChI is InChI=1S/C17H16F3N3O3S/c1-2-26-11-23-15-9-8-12(10-14(15)21-16(23)17(18,19)20)22-27(24,25)13-6-4-3-5-7-13/h3-10,22H,2,11H2,1H3. The second kappa shape index (κ2) is 7.20. The molecule has 0 saturated heterocycles. The Bertz CT molecular complexity index is 1050. The molecule has 0 aliphatic heterocycles. The molecule has 0 saturated carbocycles. The second-order valence-electron chi connectivity index (χ2n) is 5.61. The number of anilines is 1. The molecule has 1 heterocycles. The zero-order valence-electron chi connectivity index (χ0n) is 14.2. The zero-order valence-corrected chi connectivity index (χ0v) is 15.0. The molecule has 0 aliphatic rings. The summed E-state index contributed by atoms with van der Waals surface area (Å²) in [6.45, 7) is 1.60. The highest BCUT2D eigenvalue weighted by atomic mass is 32.2. The van der Waals surface area contributed by atoms with E-state index in [9.17, 15) is 21.6 Å². The summed E-state index contributed by atoms with van der Waals surface area (Å²) in [5.41, 5.74) is 0.315. The van der Waals surface area contributed by atoms with Crippen LogP contribution in [0.1, 0.15) is 12.7 Å². The van der Waals surface area contributed by atoms with E-state index < -0.39 is 22.0 Å². The van der Waals surface area contributed by atoms with Crippen molar-refractivity contribution in [3.05, 3.63) is 54.4 Å². The van der Waals surface area contributed by atoms with E-state index in [1.54, 1.807) is 25.1 Å². The first kappa shape index (κ1) is 19.2. The van der Waals surface area contributed by atoms with Crippen molar-refractivity contribution >= 4 is 26.7 Å². The lowest BCUT2D eigenvalue weighted by Gasteiger charge is -2.11. The number of aromatic nitrogens is 2. The van der Waals surface area contributed by atoms with Crippen LogP contribution in [-0.4, -0.2) is 24.6 Å². The first-order chi connectivity index (χ1) is 12.7. The Balaban J connectivity index is 2.00. The van der Waals surface area contributed by atoms with Gasteiger partial charge in [-0.2, -0.15) is 13.2 Å². The summed E-state index contributed by atoms with van der Waals surface area (Å²) >= 11 is 0. The number of nitrogens with one attached hydrogen (secondary N) is 1. The molecule has 0 atom stereocenters. The van der Waals surface area contributed by atoms with Crippen molar-refractivity contribution in [2.24, 2.45) is 0 Å². The highest BCUT2D eigenvalue weighted by Crippen LogP contribution is 2.32. The molecule has 0 aliphatic carbocycles. The van der Waals surface area contributed by atoms with Gasteiger partial charge in [0.15, 0.2) is 0 Å². The van der Waals surface area contributed by atoms with Crippen LogP contribution < -0.4 is 4.72 Å². The highest BCUT2D eigenvalue weighted by molar-refractivity contribution is 7.92. The Hall–Kier alpha value is -2.59. The van der Waals surface area contributed by atoms with Crippen molar-refractivity contribution in [1.29, 1.82) is 0 Å². The summed E-state index contributed by atoms with van der Waals surface area (Å²) in [6, 6.07) is 11.7. The van der Waals surface area contributed by atoms with Crippen LogP contribution in [0.4, 0.5) is 18.9 Å². The van der Waals surface area contributed by atoms with Crippen molar-refractivity contribution in [1.82, 2.24) is 9.55 Å². The minimum Gasteiger partial charge on any atom is -0.361 e. The quantitative estimate of drug-likeness (QED) is 0.683. The van der Waals surface area contributed by atoms with Gasteiger partial charge in [-0.3, -0.25) is 9.29 Å². The fourth-order valence-corrected chi connectivity index (χ4v) is 3.61. The lowest BCUT2D eigenvalue weighted by atomic mass is 10.3. The zero-order chi connectivity index (χ0) is 19.7. The SMILES string of the molecule is CCOCn1c(C(F)(F)F)nc2cc(NS(=O)(=O)c3ccccc3)ccc21. The van der Waals surface area contributed by atoms with Gasteiger partial charge in [0.1, 0.15) is 6.73 Å². The third-order valence-corrected chi connectivity index (χ3v) is 5.13. The van der Waals surface area contributed by atoms with Crippen LogP contribution >= 0.6 is 0 Å². The molecule has 6 nitrogen and oxygen atoms in total. The molecule has 0 unspecified atom stereocenters. The minimum absolute atomic E-state index is 0.00953. The molecule has 27 heavy (non-hydrogen) atoms. The molecule has 0 spiro atoms. The Morgan fingerprint density at radius 2 is 1.85 bits per heavy atom. The third-order valence-electron chi connectivity index (χ3n) is 3.73. The maximum Gasteiger partial charge on any atom is 0.449 e. The largest absolute Gasteiger partial charge is 0.449 e. The summed E-state index contributed by atoms with van der Waals surface area (Å²) in [6.07, 6.45) is -4.67. The Morgan fingerprint density at radius 1 is 1.15 bits per heavy atom. The average molecular weight is 399 g/mol. The number of nitrogens with zero attached hydrogens (tertiary/aromatic N) is 2.